The van der Waals surface area contributed by atoms with Crippen molar-refractivity contribution in [3.63, 3.8) is 0 Å². The van der Waals surface area contributed by atoms with Crippen LogP contribution in [0.2, 0.25) is 0 Å². The standard InChI is InChI=1S/C15H19N3OS/c1-17-15(10-5-3-4-6-12(10)19-2)8-7-11-13(9-15)20-14(16)18-11/h3-6,17H,7-9H2,1-2H3,(H2,16,18). The van der Waals surface area contributed by atoms with Crippen molar-refractivity contribution >= 4 is 16.5 Å². The number of benzene rings is 1. The summed E-state index contributed by atoms with van der Waals surface area (Å²) in [5.41, 5.74) is 8.12. The lowest BCUT2D eigenvalue weighted by molar-refractivity contribution is 0.298. The van der Waals surface area contributed by atoms with Crippen LogP contribution in [0.4, 0.5) is 5.13 Å². The molecule has 1 unspecified atom stereocenters. The average molecular weight is 289 g/mol. The van der Waals surface area contributed by atoms with Gasteiger partial charge in [-0.2, -0.15) is 0 Å². The fourth-order valence-corrected chi connectivity index (χ4v) is 4.04. The van der Waals surface area contributed by atoms with Crippen LogP contribution in [0.3, 0.4) is 0 Å². The molecule has 0 aliphatic heterocycles. The number of aryl methyl sites for hydroxylation is 1. The normalized spacial score (nSPS) is 21.5. The summed E-state index contributed by atoms with van der Waals surface area (Å²) in [6.45, 7) is 0. The monoisotopic (exact) mass is 289 g/mol. The minimum atomic E-state index is -0.0986. The third kappa shape index (κ3) is 2.07. The van der Waals surface area contributed by atoms with Gasteiger partial charge in [0.1, 0.15) is 5.75 Å². The Bertz CT molecular complexity index is 625. The second-order valence-electron chi connectivity index (χ2n) is 5.13. The van der Waals surface area contributed by atoms with Gasteiger partial charge in [-0.15, -0.1) is 11.3 Å². The van der Waals surface area contributed by atoms with Crippen LogP contribution in [-0.4, -0.2) is 19.1 Å². The molecule has 0 amide bonds. The van der Waals surface area contributed by atoms with Crippen molar-refractivity contribution < 1.29 is 4.74 Å². The Morgan fingerprint density at radius 1 is 1.40 bits per heavy atom. The van der Waals surface area contributed by atoms with Crippen molar-refractivity contribution in [1.82, 2.24) is 10.3 Å². The van der Waals surface area contributed by atoms with Crippen molar-refractivity contribution in [2.24, 2.45) is 0 Å². The molecule has 3 N–H and O–H groups in total. The van der Waals surface area contributed by atoms with E-state index < -0.39 is 0 Å². The first kappa shape index (κ1) is 13.4. The molecule has 0 fully saturated rings. The lowest BCUT2D eigenvalue weighted by atomic mass is 9.77. The van der Waals surface area contributed by atoms with Crippen LogP contribution in [0.25, 0.3) is 0 Å². The number of anilines is 1. The third-order valence-corrected chi connectivity index (χ3v) is 5.07. The summed E-state index contributed by atoms with van der Waals surface area (Å²) in [4.78, 5) is 5.71. The molecule has 5 heteroatoms. The van der Waals surface area contributed by atoms with Crippen LogP contribution >= 0.6 is 11.3 Å². The van der Waals surface area contributed by atoms with Gasteiger partial charge in [0.05, 0.1) is 18.3 Å². The van der Waals surface area contributed by atoms with E-state index in [0.29, 0.717) is 5.13 Å². The van der Waals surface area contributed by atoms with Gasteiger partial charge < -0.3 is 15.8 Å². The van der Waals surface area contributed by atoms with Crippen molar-refractivity contribution in [3.8, 4) is 5.75 Å². The lowest BCUT2D eigenvalue weighted by Gasteiger charge is -2.37. The molecule has 1 atom stereocenters. The predicted octanol–water partition coefficient (Wildman–Crippen LogP) is 2.34. The molecule has 0 spiro atoms. The van der Waals surface area contributed by atoms with E-state index in [1.165, 1.54) is 10.4 Å². The number of hydrogen-bond donors (Lipinski definition) is 2. The molecular formula is C15H19N3OS. The van der Waals surface area contributed by atoms with Gasteiger partial charge in [0.15, 0.2) is 5.13 Å². The van der Waals surface area contributed by atoms with Gasteiger partial charge in [-0.1, -0.05) is 18.2 Å². The highest BCUT2D eigenvalue weighted by Crippen LogP contribution is 2.42. The SMILES string of the molecule is CNC1(c2ccccc2OC)CCc2nc(N)sc2C1. The number of aromatic nitrogens is 1. The topological polar surface area (TPSA) is 60.2 Å². The van der Waals surface area contributed by atoms with Crippen molar-refractivity contribution in [2.45, 2.75) is 24.8 Å². The zero-order valence-electron chi connectivity index (χ0n) is 11.8. The number of nitrogen functional groups attached to an aromatic ring is 1. The van der Waals surface area contributed by atoms with Gasteiger partial charge in [-0.05, 0) is 26.0 Å². The van der Waals surface area contributed by atoms with Crippen molar-refractivity contribution in [2.75, 3.05) is 19.9 Å². The molecule has 0 saturated carbocycles. The van der Waals surface area contributed by atoms with Crippen molar-refractivity contribution in [1.29, 1.82) is 0 Å². The maximum atomic E-state index is 5.85. The van der Waals surface area contributed by atoms with E-state index in [-0.39, 0.29) is 5.54 Å². The van der Waals surface area contributed by atoms with E-state index in [1.54, 1.807) is 18.4 Å². The largest absolute Gasteiger partial charge is 0.496 e. The van der Waals surface area contributed by atoms with E-state index in [1.807, 2.05) is 19.2 Å². The van der Waals surface area contributed by atoms with Crippen LogP contribution in [0.5, 0.6) is 5.75 Å². The smallest absolute Gasteiger partial charge is 0.180 e. The highest BCUT2D eigenvalue weighted by atomic mass is 32.1. The van der Waals surface area contributed by atoms with E-state index in [2.05, 4.69) is 22.4 Å². The molecule has 20 heavy (non-hydrogen) atoms. The number of methoxy groups -OCH3 is 1. The summed E-state index contributed by atoms with van der Waals surface area (Å²) in [6.07, 6.45) is 2.86. The number of thiazole rings is 1. The minimum Gasteiger partial charge on any atom is -0.496 e. The van der Waals surface area contributed by atoms with Crippen LogP contribution < -0.4 is 15.8 Å². The molecule has 1 aromatic carbocycles. The number of fused-ring (bicyclic) bond motifs is 1. The van der Waals surface area contributed by atoms with Gasteiger partial charge in [-0.3, -0.25) is 0 Å². The molecule has 106 valence electrons. The van der Waals surface area contributed by atoms with Crippen molar-refractivity contribution in [3.05, 3.63) is 40.4 Å². The number of para-hydroxylation sites is 1. The minimum absolute atomic E-state index is 0.0986. The Hall–Kier alpha value is -1.59. The molecule has 1 aliphatic rings. The highest BCUT2D eigenvalue weighted by molar-refractivity contribution is 7.15. The Labute approximate surface area is 123 Å². The molecular weight excluding hydrogens is 270 g/mol. The molecule has 0 bridgehead atoms. The number of likely N-dealkylation sites (N-methyl/N-ethyl adjacent to an activating group) is 1. The Morgan fingerprint density at radius 2 is 2.20 bits per heavy atom. The van der Waals surface area contributed by atoms with Gasteiger partial charge in [0, 0.05) is 16.9 Å². The Balaban J connectivity index is 2.05. The van der Waals surface area contributed by atoms with Gasteiger partial charge in [-0.25, -0.2) is 4.98 Å². The molecule has 4 nitrogen and oxygen atoms in total. The zero-order valence-corrected chi connectivity index (χ0v) is 12.6. The number of rotatable bonds is 3. The quantitative estimate of drug-likeness (QED) is 0.910. The summed E-state index contributed by atoms with van der Waals surface area (Å²) in [5, 5.41) is 4.19. The lowest BCUT2D eigenvalue weighted by Crippen LogP contribution is -2.44. The summed E-state index contributed by atoms with van der Waals surface area (Å²) >= 11 is 1.60. The molecule has 1 aliphatic carbocycles. The van der Waals surface area contributed by atoms with Gasteiger partial charge in [0.2, 0.25) is 0 Å². The zero-order chi connectivity index (χ0) is 14.2. The van der Waals surface area contributed by atoms with E-state index >= 15 is 0 Å². The second kappa shape index (κ2) is 5.07. The van der Waals surface area contributed by atoms with E-state index in [0.717, 1.165) is 30.7 Å². The molecule has 2 aromatic rings. The van der Waals surface area contributed by atoms with Crippen LogP contribution in [-0.2, 0) is 18.4 Å². The molecule has 1 heterocycles. The fraction of sp³-hybridized carbons (Fsp3) is 0.400. The summed E-state index contributed by atoms with van der Waals surface area (Å²) < 4.78 is 5.54. The number of nitrogens with zero attached hydrogens (tertiary/aromatic N) is 1. The fourth-order valence-electron chi connectivity index (χ4n) is 3.05. The number of nitrogens with two attached hydrogens (primary N) is 1. The predicted molar refractivity (Wildman–Crippen MR) is 82.3 cm³/mol. The van der Waals surface area contributed by atoms with Crippen LogP contribution in [0.15, 0.2) is 24.3 Å². The maximum Gasteiger partial charge on any atom is 0.180 e. The molecule has 1 aromatic heterocycles. The molecule has 3 rings (SSSR count). The second-order valence-corrected chi connectivity index (χ2v) is 6.25. The first-order chi connectivity index (χ1) is 9.68. The van der Waals surface area contributed by atoms with Crippen LogP contribution in [0, 0.1) is 0 Å². The summed E-state index contributed by atoms with van der Waals surface area (Å²) in [6, 6.07) is 8.23. The average Bonchev–Trinajstić information content (AvgIpc) is 2.85. The van der Waals surface area contributed by atoms with Crippen LogP contribution in [0.1, 0.15) is 22.6 Å². The Morgan fingerprint density at radius 3 is 2.95 bits per heavy atom. The maximum absolute atomic E-state index is 5.85. The number of ether oxygens (including phenoxy) is 1. The van der Waals surface area contributed by atoms with E-state index in [4.69, 9.17) is 10.5 Å². The third-order valence-electron chi connectivity index (χ3n) is 4.15. The Kier molecular flexibility index (Phi) is 3.40. The summed E-state index contributed by atoms with van der Waals surface area (Å²) in [5.74, 6) is 0.933. The van der Waals surface area contributed by atoms with Gasteiger partial charge in [0.25, 0.3) is 0 Å². The van der Waals surface area contributed by atoms with E-state index in [9.17, 15) is 0 Å². The first-order valence-corrected chi connectivity index (χ1v) is 7.56. The molecule has 0 radical (unpaired) electrons. The van der Waals surface area contributed by atoms with Gasteiger partial charge >= 0.3 is 0 Å². The highest BCUT2D eigenvalue weighted by Gasteiger charge is 2.38. The number of hydrogen-bond acceptors (Lipinski definition) is 5. The summed E-state index contributed by atoms with van der Waals surface area (Å²) in [7, 11) is 3.74. The number of nitrogens with one attached hydrogen (secondary N) is 1. The first-order valence-electron chi connectivity index (χ1n) is 6.75. The molecule has 0 saturated heterocycles.